The van der Waals surface area contributed by atoms with Crippen LogP contribution in [0.3, 0.4) is 0 Å². The summed E-state index contributed by atoms with van der Waals surface area (Å²) in [5.74, 6) is 3.95. The van der Waals surface area contributed by atoms with Gasteiger partial charge in [0, 0.05) is 23.1 Å². The number of rotatable bonds is 14. The van der Waals surface area contributed by atoms with E-state index in [2.05, 4.69) is 51.2 Å². The van der Waals surface area contributed by atoms with E-state index in [1.165, 1.54) is 19.3 Å². The standard InChI is InChI=1S/C39H42N6O3S2/c1-4-47-32-19-14-27(24-33(32)48-5-2)20-23-45-36(29-15-17-30(46-3)18-16-29)42-43-39(45)50-38-35-31(28-12-8-6-9-13-28)26-49-37(35)40-34(41-38)25-44-21-10-7-11-22-44/h6,8-9,12-19,24,26H,4-5,7,10-11,20-23,25H2,1-3H3. The number of thiophene rings is 1. The van der Waals surface area contributed by atoms with Gasteiger partial charge in [-0.1, -0.05) is 42.8 Å². The number of hydrogen-bond donors (Lipinski definition) is 0. The quantitative estimate of drug-likeness (QED) is 0.103. The van der Waals surface area contributed by atoms with Crippen molar-refractivity contribution in [3.05, 3.63) is 89.6 Å². The van der Waals surface area contributed by atoms with Gasteiger partial charge in [0.15, 0.2) is 22.5 Å². The van der Waals surface area contributed by atoms with Crippen molar-refractivity contribution in [2.24, 2.45) is 0 Å². The zero-order valence-electron chi connectivity index (χ0n) is 28.8. The third-order valence-electron chi connectivity index (χ3n) is 8.83. The van der Waals surface area contributed by atoms with Crippen molar-refractivity contribution in [1.29, 1.82) is 0 Å². The lowest BCUT2D eigenvalue weighted by Gasteiger charge is -2.25. The van der Waals surface area contributed by atoms with Gasteiger partial charge in [0.2, 0.25) is 0 Å². The van der Waals surface area contributed by atoms with Crippen molar-refractivity contribution >= 4 is 33.3 Å². The Kier molecular flexibility index (Phi) is 10.9. The molecule has 0 spiro atoms. The van der Waals surface area contributed by atoms with Crippen LogP contribution in [-0.4, -0.2) is 63.0 Å². The summed E-state index contributed by atoms with van der Waals surface area (Å²) in [6, 6.07) is 24.7. The summed E-state index contributed by atoms with van der Waals surface area (Å²) in [4.78, 5) is 13.8. The van der Waals surface area contributed by atoms with Gasteiger partial charge in [-0.3, -0.25) is 4.90 Å². The molecule has 9 nitrogen and oxygen atoms in total. The molecule has 0 aliphatic carbocycles. The molecule has 6 aromatic rings. The van der Waals surface area contributed by atoms with Gasteiger partial charge in [-0.05, 0) is 105 Å². The lowest BCUT2D eigenvalue weighted by Crippen LogP contribution is -2.29. The van der Waals surface area contributed by atoms with Crippen LogP contribution < -0.4 is 14.2 Å². The highest BCUT2D eigenvalue weighted by Crippen LogP contribution is 2.41. The average molecular weight is 707 g/mol. The van der Waals surface area contributed by atoms with Gasteiger partial charge in [-0.15, -0.1) is 21.5 Å². The Labute approximate surface area is 301 Å². The Bertz CT molecular complexity index is 2020. The maximum absolute atomic E-state index is 5.94. The van der Waals surface area contributed by atoms with Crippen molar-refractivity contribution in [1.82, 2.24) is 29.6 Å². The molecule has 0 N–H and O–H groups in total. The fraction of sp³-hybridized carbons (Fsp3) is 0.333. The summed E-state index contributed by atoms with van der Waals surface area (Å²) in [6.45, 7) is 8.68. The molecule has 0 unspecified atom stereocenters. The van der Waals surface area contributed by atoms with E-state index in [4.69, 9.17) is 34.4 Å². The molecule has 258 valence electrons. The first-order valence-corrected chi connectivity index (χ1v) is 19.0. The molecule has 1 saturated heterocycles. The van der Waals surface area contributed by atoms with Gasteiger partial charge in [0.25, 0.3) is 0 Å². The molecule has 3 aromatic carbocycles. The Morgan fingerprint density at radius 3 is 2.36 bits per heavy atom. The molecule has 0 atom stereocenters. The van der Waals surface area contributed by atoms with Crippen LogP contribution in [0.4, 0.5) is 0 Å². The summed E-state index contributed by atoms with van der Waals surface area (Å²) in [6.07, 6.45) is 4.48. The van der Waals surface area contributed by atoms with Crippen LogP contribution in [0.2, 0.25) is 0 Å². The molecular formula is C39H42N6O3S2. The molecule has 0 radical (unpaired) electrons. The number of aromatic nitrogens is 5. The Hall–Kier alpha value is -4.45. The fourth-order valence-electron chi connectivity index (χ4n) is 6.34. The largest absolute Gasteiger partial charge is 0.497 e. The molecule has 0 amide bonds. The topological polar surface area (TPSA) is 87.4 Å². The SMILES string of the molecule is CCOc1ccc(CCn2c(Sc3nc(CN4CCCCC4)nc4scc(-c5ccccc5)c34)nnc2-c2ccc(OC)cc2)cc1OCC. The molecule has 3 aromatic heterocycles. The number of likely N-dealkylation sites (tertiary alicyclic amines) is 1. The zero-order chi connectivity index (χ0) is 34.3. The molecule has 0 saturated carbocycles. The number of piperidine rings is 1. The number of hydrogen-bond acceptors (Lipinski definition) is 10. The molecule has 50 heavy (non-hydrogen) atoms. The minimum atomic E-state index is 0.568. The lowest BCUT2D eigenvalue weighted by atomic mass is 10.1. The van der Waals surface area contributed by atoms with Crippen molar-refractivity contribution in [2.75, 3.05) is 33.4 Å². The van der Waals surface area contributed by atoms with Gasteiger partial charge < -0.3 is 18.8 Å². The average Bonchev–Trinajstić information content (AvgIpc) is 3.77. The number of nitrogens with zero attached hydrogens (tertiary/aromatic N) is 6. The maximum atomic E-state index is 5.94. The molecule has 0 bridgehead atoms. The molecule has 7 rings (SSSR count). The Balaban J connectivity index is 1.28. The smallest absolute Gasteiger partial charge is 0.197 e. The Morgan fingerprint density at radius 1 is 0.820 bits per heavy atom. The highest BCUT2D eigenvalue weighted by Gasteiger charge is 2.22. The van der Waals surface area contributed by atoms with E-state index in [0.717, 1.165) is 97.6 Å². The molecule has 1 aliphatic rings. The van der Waals surface area contributed by atoms with Crippen molar-refractivity contribution in [3.8, 4) is 39.8 Å². The van der Waals surface area contributed by atoms with E-state index in [1.54, 1.807) is 30.2 Å². The van der Waals surface area contributed by atoms with E-state index < -0.39 is 0 Å². The van der Waals surface area contributed by atoms with E-state index in [0.29, 0.717) is 19.8 Å². The molecule has 1 aliphatic heterocycles. The predicted octanol–water partition coefficient (Wildman–Crippen LogP) is 8.80. The van der Waals surface area contributed by atoms with Gasteiger partial charge in [0.05, 0.1) is 32.3 Å². The van der Waals surface area contributed by atoms with Crippen LogP contribution in [0.25, 0.3) is 32.7 Å². The number of fused-ring (bicyclic) bond motifs is 1. The monoisotopic (exact) mass is 706 g/mol. The normalized spacial score (nSPS) is 13.5. The highest BCUT2D eigenvalue weighted by atomic mass is 32.2. The second-order valence-corrected chi connectivity index (χ2v) is 14.0. The van der Waals surface area contributed by atoms with Crippen LogP contribution in [0, 0.1) is 0 Å². The van der Waals surface area contributed by atoms with Gasteiger partial charge in [-0.25, -0.2) is 9.97 Å². The minimum Gasteiger partial charge on any atom is -0.497 e. The van der Waals surface area contributed by atoms with E-state index in [9.17, 15) is 0 Å². The second kappa shape index (κ2) is 16.1. The van der Waals surface area contributed by atoms with Crippen molar-refractivity contribution < 1.29 is 14.2 Å². The van der Waals surface area contributed by atoms with Crippen LogP contribution >= 0.6 is 23.1 Å². The zero-order valence-corrected chi connectivity index (χ0v) is 30.4. The van der Waals surface area contributed by atoms with E-state index in [1.807, 2.05) is 50.2 Å². The minimum absolute atomic E-state index is 0.568. The number of aryl methyl sites for hydroxylation is 1. The van der Waals surface area contributed by atoms with E-state index >= 15 is 0 Å². The number of ether oxygens (including phenoxy) is 3. The predicted molar refractivity (Wildman–Crippen MR) is 201 cm³/mol. The first-order valence-electron chi connectivity index (χ1n) is 17.3. The molecule has 4 heterocycles. The van der Waals surface area contributed by atoms with Gasteiger partial charge in [0.1, 0.15) is 21.4 Å². The second-order valence-electron chi connectivity index (χ2n) is 12.2. The van der Waals surface area contributed by atoms with Gasteiger partial charge >= 0.3 is 0 Å². The van der Waals surface area contributed by atoms with Crippen LogP contribution in [-0.2, 0) is 19.5 Å². The lowest BCUT2D eigenvalue weighted by molar-refractivity contribution is 0.216. The molecular weight excluding hydrogens is 665 g/mol. The third-order valence-corrected chi connectivity index (χ3v) is 10.7. The molecule has 11 heteroatoms. The van der Waals surface area contributed by atoms with Crippen molar-refractivity contribution in [2.45, 2.75) is 62.8 Å². The summed E-state index contributed by atoms with van der Waals surface area (Å²) in [5, 5.41) is 14.5. The maximum Gasteiger partial charge on any atom is 0.197 e. The molecule has 1 fully saturated rings. The summed E-state index contributed by atoms with van der Waals surface area (Å²) in [5.41, 5.74) is 4.39. The number of methoxy groups -OCH3 is 1. The summed E-state index contributed by atoms with van der Waals surface area (Å²) >= 11 is 3.25. The van der Waals surface area contributed by atoms with Crippen LogP contribution in [0.1, 0.15) is 44.5 Å². The van der Waals surface area contributed by atoms with E-state index in [-0.39, 0.29) is 0 Å². The third kappa shape index (κ3) is 7.65. The summed E-state index contributed by atoms with van der Waals surface area (Å²) < 4.78 is 19.4. The number of benzene rings is 3. The van der Waals surface area contributed by atoms with Crippen molar-refractivity contribution in [3.63, 3.8) is 0 Å². The van der Waals surface area contributed by atoms with Gasteiger partial charge in [-0.2, -0.15) is 0 Å². The first-order chi connectivity index (χ1) is 24.6. The fourth-order valence-corrected chi connectivity index (χ4v) is 8.37. The summed E-state index contributed by atoms with van der Waals surface area (Å²) in [7, 11) is 1.68. The van der Waals surface area contributed by atoms with Crippen LogP contribution in [0.5, 0.6) is 17.2 Å². The Morgan fingerprint density at radius 2 is 1.60 bits per heavy atom. The first kappa shape index (κ1) is 34.0. The van der Waals surface area contributed by atoms with Crippen LogP contribution in [0.15, 0.2) is 88.4 Å². The highest BCUT2D eigenvalue weighted by molar-refractivity contribution is 7.99.